The van der Waals surface area contributed by atoms with Gasteiger partial charge in [0.2, 0.25) is 5.91 Å². The van der Waals surface area contributed by atoms with Crippen LogP contribution in [0.5, 0.6) is 11.5 Å². The summed E-state index contributed by atoms with van der Waals surface area (Å²) in [4.78, 5) is 34.2. The average Bonchev–Trinajstić information content (AvgIpc) is 2.87. The normalized spacial score (nSPS) is 11.1. The van der Waals surface area contributed by atoms with Crippen molar-refractivity contribution in [3.8, 4) is 17.6 Å². The number of nitrogens with one attached hydrogen (secondary N) is 2. The maximum atomic E-state index is 12.8. The smallest absolute Gasteiger partial charge is 0.339 e. The Bertz CT molecular complexity index is 1580. The number of hydrogen-bond donors (Lipinski definition) is 2. The van der Waals surface area contributed by atoms with E-state index in [-0.39, 0.29) is 39.2 Å². The van der Waals surface area contributed by atoms with Crippen LogP contribution in [0.2, 0.25) is 0 Å². The summed E-state index contributed by atoms with van der Waals surface area (Å²) in [6.07, 6.45) is 1.11. The fraction of sp³-hybridized carbons (Fsp3) is 0.0800. The monoisotopic (exact) mass is 536 g/mol. The molecule has 38 heavy (non-hydrogen) atoms. The molecule has 0 aliphatic carbocycles. The lowest BCUT2D eigenvalue weighted by Gasteiger charge is -2.11. The van der Waals surface area contributed by atoms with E-state index in [2.05, 4.69) is 10.6 Å². The molecule has 0 atom stereocenters. The molecule has 0 unspecified atom stereocenters. The number of benzene rings is 3. The van der Waals surface area contributed by atoms with Crippen LogP contribution in [-0.4, -0.2) is 32.3 Å². The van der Waals surface area contributed by atoms with Crippen molar-refractivity contribution in [2.45, 2.75) is 11.8 Å². The molecule has 194 valence electrons. The van der Waals surface area contributed by atoms with E-state index >= 15 is 0 Å². The second-order valence-corrected chi connectivity index (χ2v) is 9.09. The van der Waals surface area contributed by atoms with Crippen molar-refractivity contribution in [2.24, 2.45) is 0 Å². The minimum absolute atomic E-state index is 0.0392. The van der Waals surface area contributed by atoms with E-state index < -0.39 is 26.5 Å². The highest BCUT2D eigenvalue weighted by molar-refractivity contribution is 7.87. The Labute approximate surface area is 217 Å². The SMILES string of the molecule is COc1ccc([N+](=O)[O-])cc1NC(=O)/C(C#N)=C/c1ccccc1OS(=O)(=O)c1ccc(NC(C)=O)cc1. The molecular formula is C25H20N4O8S. The molecule has 0 radical (unpaired) electrons. The van der Waals surface area contributed by atoms with Crippen LogP contribution in [0.25, 0.3) is 6.08 Å². The molecule has 13 heteroatoms. The molecule has 0 aliphatic heterocycles. The summed E-state index contributed by atoms with van der Waals surface area (Å²) in [5, 5.41) is 25.6. The third kappa shape index (κ3) is 6.71. The molecule has 3 rings (SSSR count). The van der Waals surface area contributed by atoms with Crippen molar-refractivity contribution in [3.05, 3.63) is 88.0 Å². The van der Waals surface area contributed by atoms with E-state index in [9.17, 15) is 33.4 Å². The number of carbonyl (C=O) groups excluding carboxylic acids is 2. The van der Waals surface area contributed by atoms with Crippen LogP contribution < -0.4 is 19.6 Å². The van der Waals surface area contributed by atoms with Gasteiger partial charge in [-0.1, -0.05) is 18.2 Å². The van der Waals surface area contributed by atoms with Crippen LogP contribution in [0.4, 0.5) is 17.1 Å². The van der Waals surface area contributed by atoms with Gasteiger partial charge in [0.1, 0.15) is 28.0 Å². The van der Waals surface area contributed by atoms with Gasteiger partial charge in [-0.05, 0) is 42.5 Å². The number of para-hydroxylation sites is 1. The highest BCUT2D eigenvalue weighted by Crippen LogP contribution is 2.30. The number of non-ortho nitro benzene ring substituents is 1. The van der Waals surface area contributed by atoms with E-state index in [1.165, 1.54) is 68.6 Å². The lowest BCUT2D eigenvalue weighted by Crippen LogP contribution is -2.15. The molecule has 0 fully saturated rings. The van der Waals surface area contributed by atoms with Crippen LogP contribution in [-0.2, 0) is 19.7 Å². The molecule has 3 aromatic rings. The molecule has 0 spiro atoms. The summed E-state index contributed by atoms with van der Waals surface area (Å²) in [6.45, 7) is 1.31. The van der Waals surface area contributed by atoms with E-state index in [1.807, 2.05) is 0 Å². The number of hydrogen-bond acceptors (Lipinski definition) is 9. The molecule has 0 bridgehead atoms. The molecule has 0 aromatic heterocycles. The van der Waals surface area contributed by atoms with Gasteiger partial charge in [-0.2, -0.15) is 13.7 Å². The fourth-order valence-corrected chi connectivity index (χ4v) is 4.10. The zero-order chi connectivity index (χ0) is 27.9. The summed E-state index contributed by atoms with van der Waals surface area (Å²) >= 11 is 0. The van der Waals surface area contributed by atoms with E-state index in [0.717, 1.165) is 12.1 Å². The highest BCUT2D eigenvalue weighted by atomic mass is 32.2. The first-order valence-electron chi connectivity index (χ1n) is 10.7. The van der Waals surface area contributed by atoms with Crippen molar-refractivity contribution in [1.29, 1.82) is 5.26 Å². The number of anilines is 2. The van der Waals surface area contributed by atoms with Crippen molar-refractivity contribution in [3.63, 3.8) is 0 Å². The predicted molar refractivity (Wildman–Crippen MR) is 137 cm³/mol. The van der Waals surface area contributed by atoms with Gasteiger partial charge >= 0.3 is 10.1 Å². The zero-order valence-electron chi connectivity index (χ0n) is 20.0. The van der Waals surface area contributed by atoms with E-state index in [4.69, 9.17) is 8.92 Å². The van der Waals surface area contributed by atoms with Crippen molar-refractivity contribution in [1.82, 2.24) is 0 Å². The lowest BCUT2D eigenvalue weighted by molar-refractivity contribution is -0.384. The standard InChI is InChI=1S/C25H20N4O8S/c1-16(30)27-19-7-10-21(11-8-19)38(34,35)37-23-6-4-3-5-17(23)13-18(15-26)25(31)28-22-14-20(29(32)33)9-12-24(22)36-2/h3-14H,1-2H3,(H,27,30)(H,28,31)/b18-13+. The van der Waals surface area contributed by atoms with Gasteiger partial charge in [0, 0.05) is 30.3 Å². The molecule has 12 nitrogen and oxygen atoms in total. The maximum absolute atomic E-state index is 12.8. The first-order valence-corrected chi connectivity index (χ1v) is 12.1. The number of carbonyl (C=O) groups is 2. The Hall–Kier alpha value is -5.22. The molecule has 0 heterocycles. The van der Waals surface area contributed by atoms with Gasteiger partial charge in [0.15, 0.2) is 0 Å². The summed E-state index contributed by atoms with van der Waals surface area (Å²) < 4.78 is 36.0. The number of rotatable bonds is 9. The van der Waals surface area contributed by atoms with E-state index in [0.29, 0.717) is 5.69 Å². The minimum atomic E-state index is -4.32. The number of amides is 2. The van der Waals surface area contributed by atoms with Crippen LogP contribution in [0.1, 0.15) is 12.5 Å². The Morgan fingerprint density at radius 2 is 1.71 bits per heavy atom. The van der Waals surface area contributed by atoms with Gasteiger partial charge in [-0.3, -0.25) is 19.7 Å². The molecule has 0 aliphatic rings. The van der Waals surface area contributed by atoms with Crippen LogP contribution in [0.3, 0.4) is 0 Å². The third-order valence-electron chi connectivity index (χ3n) is 4.89. The topological polar surface area (TPSA) is 178 Å². The first-order chi connectivity index (χ1) is 18.0. The second-order valence-electron chi connectivity index (χ2n) is 7.55. The number of nitrogens with zero attached hydrogens (tertiary/aromatic N) is 2. The predicted octanol–water partition coefficient (Wildman–Crippen LogP) is 3.88. The fourth-order valence-electron chi connectivity index (χ4n) is 3.15. The summed E-state index contributed by atoms with van der Waals surface area (Å²) in [5.74, 6) is -1.27. The third-order valence-corrected chi connectivity index (χ3v) is 6.14. The van der Waals surface area contributed by atoms with Gasteiger partial charge < -0.3 is 19.6 Å². The lowest BCUT2D eigenvalue weighted by atomic mass is 10.1. The largest absolute Gasteiger partial charge is 0.495 e. The summed E-state index contributed by atoms with van der Waals surface area (Å²) in [5.41, 5.74) is -0.291. The minimum Gasteiger partial charge on any atom is -0.495 e. The molecule has 0 saturated heterocycles. The number of ether oxygens (including phenoxy) is 1. The number of methoxy groups -OCH3 is 1. The Morgan fingerprint density at radius 3 is 2.32 bits per heavy atom. The molecule has 2 N–H and O–H groups in total. The van der Waals surface area contributed by atoms with Gasteiger partial charge in [-0.15, -0.1) is 0 Å². The number of nitriles is 1. The average molecular weight is 537 g/mol. The Kier molecular flexibility index (Phi) is 8.41. The molecular weight excluding hydrogens is 516 g/mol. The summed E-state index contributed by atoms with van der Waals surface area (Å²) in [7, 11) is -3.02. The van der Waals surface area contributed by atoms with Crippen molar-refractivity contribution in [2.75, 3.05) is 17.7 Å². The number of nitro groups is 1. The quantitative estimate of drug-likeness (QED) is 0.135. The second kappa shape index (κ2) is 11.7. The van der Waals surface area contributed by atoms with Gasteiger partial charge in [0.25, 0.3) is 11.6 Å². The molecule has 3 aromatic carbocycles. The Balaban J connectivity index is 1.89. The molecule has 0 saturated carbocycles. The van der Waals surface area contributed by atoms with Crippen LogP contribution in [0.15, 0.2) is 77.2 Å². The van der Waals surface area contributed by atoms with Gasteiger partial charge in [-0.25, -0.2) is 0 Å². The van der Waals surface area contributed by atoms with Crippen LogP contribution >= 0.6 is 0 Å². The maximum Gasteiger partial charge on any atom is 0.339 e. The van der Waals surface area contributed by atoms with Crippen molar-refractivity contribution >= 4 is 45.1 Å². The zero-order valence-corrected chi connectivity index (χ0v) is 20.8. The van der Waals surface area contributed by atoms with E-state index in [1.54, 1.807) is 12.1 Å². The number of nitro benzene ring substituents is 1. The summed E-state index contributed by atoms with van der Waals surface area (Å²) in [6, 6.07) is 16.4. The molecule has 2 amide bonds. The van der Waals surface area contributed by atoms with Gasteiger partial charge in [0.05, 0.1) is 17.7 Å². The Morgan fingerprint density at radius 1 is 1.03 bits per heavy atom. The van der Waals surface area contributed by atoms with Crippen molar-refractivity contribution < 1.29 is 31.9 Å². The highest BCUT2D eigenvalue weighted by Gasteiger charge is 2.20. The first kappa shape index (κ1) is 27.4. The van der Waals surface area contributed by atoms with Crippen LogP contribution in [0, 0.1) is 21.4 Å².